The molecule has 1 atom stereocenters. The van der Waals surface area contributed by atoms with Crippen LogP contribution in [0.1, 0.15) is 53.4 Å². The molecule has 1 amide bonds. The lowest BCUT2D eigenvalue weighted by Gasteiger charge is -2.32. The molecule has 8 heteroatoms. The lowest BCUT2D eigenvalue weighted by Crippen LogP contribution is -2.35. The molecule has 0 saturated carbocycles. The molecule has 1 unspecified atom stereocenters. The normalized spacial score (nSPS) is 20.3. The van der Waals surface area contributed by atoms with Gasteiger partial charge in [-0.25, -0.2) is 9.78 Å². The fraction of sp³-hybridized carbons (Fsp3) is 0.485. The van der Waals surface area contributed by atoms with Crippen molar-refractivity contribution in [2.24, 2.45) is 11.8 Å². The van der Waals surface area contributed by atoms with Gasteiger partial charge in [0.25, 0.3) is 5.91 Å². The third-order valence-corrected chi connectivity index (χ3v) is 6.50. The molecule has 0 bridgehead atoms. The number of anilines is 2. The number of carbonyl (C=O) groups is 2. The summed E-state index contributed by atoms with van der Waals surface area (Å²) >= 11 is 0. The van der Waals surface area contributed by atoms with Crippen LogP contribution in [0, 0.1) is 11.8 Å². The van der Waals surface area contributed by atoms with Crippen LogP contribution in [-0.2, 0) is 19.1 Å². The van der Waals surface area contributed by atoms with Crippen LogP contribution in [0.25, 0.3) is 0 Å². The van der Waals surface area contributed by atoms with Crippen molar-refractivity contribution in [3.8, 4) is 0 Å². The number of allylic oxidation sites excluding steroid dienone is 6. The number of aliphatic carboxylic acids is 1. The quantitative estimate of drug-likeness (QED) is 0.270. The molecule has 1 saturated heterocycles. The molecule has 1 aromatic rings. The Labute approximate surface area is 246 Å². The number of ether oxygens (including phenoxy) is 2. The van der Waals surface area contributed by atoms with E-state index in [9.17, 15) is 9.59 Å². The van der Waals surface area contributed by atoms with Crippen LogP contribution in [0.5, 0.6) is 0 Å². The Morgan fingerprint density at radius 2 is 1.95 bits per heavy atom. The first-order valence-corrected chi connectivity index (χ1v) is 14.5. The standard InChI is InChI=1S/C23H33N3O3.C8H10O2.C2H6/c1-18-4-3-5-20(11-15-29-14-10-18)23(27)25-21-6-7-22(24-16-21)26-12-8-19(9-13-26)17-28-2;1-3-5-7(6-4-2)8(9)10;1-2/h3-7,16,18-19H,8-15,17H2,1-2H3,(H,25,27);3-6H,1H2,2H3,(H,9,10);1-2H3/b4-3-,20-5+;6-4-,7-5+;. The van der Waals surface area contributed by atoms with Crippen molar-refractivity contribution in [1.29, 1.82) is 0 Å². The van der Waals surface area contributed by atoms with E-state index in [2.05, 4.69) is 34.8 Å². The van der Waals surface area contributed by atoms with Gasteiger partial charge < -0.3 is 24.8 Å². The molecule has 0 aliphatic carbocycles. The molecule has 2 N–H and O–H groups in total. The second-order valence-electron chi connectivity index (χ2n) is 9.61. The van der Waals surface area contributed by atoms with E-state index in [0.29, 0.717) is 30.6 Å². The Morgan fingerprint density at radius 1 is 1.22 bits per heavy atom. The van der Waals surface area contributed by atoms with Crippen LogP contribution < -0.4 is 10.2 Å². The lowest BCUT2D eigenvalue weighted by atomic mass is 9.98. The highest BCUT2D eigenvalue weighted by Gasteiger charge is 2.20. The lowest BCUT2D eigenvalue weighted by molar-refractivity contribution is -0.132. The number of amides is 1. The number of hydrogen-bond donors (Lipinski definition) is 2. The Hall–Kier alpha value is -3.49. The number of aromatic nitrogens is 1. The number of nitrogens with zero attached hydrogens (tertiary/aromatic N) is 2. The second-order valence-corrected chi connectivity index (χ2v) is 9.61. The van der Waals surface area contributed by atoms with Crippen LogP contribution >= 0.6 is 0 Å². The van der Waals surface area contributed by atoms with Crippen molar-refractivity contribution < 1.29 is 24.2 Å². The zero-order valence-electron chi connectivity index (χ0n) is 25.5. The van der Waals surface area contributed by atoms with Crippen LogP contribution in [0.3, 0.4) is 0 Å². The highest BCUT2D eigenvalue weighted by atomic mass is 16.5. The van der Waals surface area contributed by atoms with Crippen molar-refractivity contribution >= 4 is 23.4 Å². The number of carboxylic acid groups (broad SMARTS) is 1. The maximum atomic E-state index is 12.7. The predicted octanol–water partition coefficient (Wildman–Crippen LogP) is 6.60. The summed E-state index contributed by atoms with van der Waals surface area (Å²) in [5.41, 5.74) is 1.68. The molecule has 2 aliphatic heterocycles. The summed E-state index contributed by atoms with van der Waals surface area (Å²) < 4.78 is 10.9. The molecular weight excluding hydrogens is 518 g/mol. The van der Waals surface area contributed by atoms with Gasteiger partial charge in [0.2, 0.25) is 0 Å². The summed E-state index contributed by atoms with van der Waals surface area (Å²) in [4.78, 5) is 29.9. The van der Waals surface area contributed by atoms with Crippen molar-refractivity contribution in [2.75, 3.05) is 50.2 Å². The molecule has 8 nitrogen and oxygen atoms in total. The fourth-order valence-corrected chi connectivity index (χ4v) is 4.21. The van der Waals surface area contributed by atoms with Gasteiger partial charge in [-0.2, -0.15) is 0 Å². The van der Waals surface area contributed by atoms with Gasteiger partial charge in [0.05, 0.1) is 24.1 Å². The van der Waals surface area contributed by atoms with Gasteiger partial charge >= 0.3 is 5.97 Å². The van der Waals surface area contributed by atoms with Gasteiger partial charge in [-0.1, -0.05) is 63.8 Å². The van der Waals surface area contributed by atoms with Gasteiger partial charge in [-0.15, -0.1) is 0 Å². The van der Waals surface area contributed by atoms with Crippen molar-refractivity contribution in [3.05, 3.63) is 78.6 Å². The maximum absolute atomic E-state index is 12.7. The van der Waals surface area contributed by atoms with Crippen molar-refractivity contribution in [1.82, 2.24) is 4.98 Å². The molecule has 2 aliphatic rings. The van der Waals surface area contributed by atoms with E-state index in [1.165, 1.54) is 18.2 Å². The molecule has 0 aromatic carbocycles. The molecule has 0 radical (unpaired) electrons. The summed E-state index contributed by atoms with van der Waals surface area (Å²) in [5.74, 6) is 1.02. The number of piperidine rings is 1. The highest BCUT2D eigenvalue weighted by molar-refractivity contribution is 6.03. The van der Waals surface area contributed by atoms with E-state index in [0.717, 1.165) is 57.0 Å². The smallest absolute Gasteiger partial charge is 0.335 e. The van der Waals surface area contributed by atoms with Crippen LogP contribution in [0.15, 0.2) is 78.6 Å². The maximum Gasteiger partial charge on any atom is 0.335 e. The average Bonchev–Trinajstić information content (AvgIpc) is 2.98. The fourth-order valence-electron chi connectivity index (χ4n) is 4.21. The predicted molar refractivity (Wildman–Crippen MR) is 168 cm³/mol. The number of rotatable bonds is 8. The molecular formula is C33H49N3O5. The van der Waals surface area contributed by atoms with E-state index in [-0.39, 0.29) is 11.5 Å². The zero-order chi connectivity index (χ0) is 30.5. The summed E-state index contributed by atoms with van der Waals surface area (Å²) in [6.07, 6.45) is 17.7. The van der Waals surface area contributed by atoms with Crippen LogP contribution in [0.2, 0.25) is 0 Å². The summed E-state index contributed by atoms with van der Waals surface area (Å²) in [5, 5.41) is 11.4. The second kappa shape index (κ2) is 21.3. The molecule has 1 aromatic heterocycles. The topological polar surface area (TPSA) is 101 Å². The number of hydrogen-bond acceptors (Lipinski definition) is 6. The monoisotopic (exact) mass is 567 g/mol. The van der Waals surface area contributed by atoms with E-state index in [1.807, 2.05) is 38.1 Å². The van der Waals surface area contributed by atoms with E-state index >= 15 is 0 Å². The Bertz CT molecular complexity index is 1040. The summed E-state index contributed by atoms with van der Waals surface area (Å²) in [6, 6.07) is 3.91. The number of nitrogens with one attached hydrogen (secondary N) is 1. The SMILES string of the molecule is C=C/C=C(\C=C/C)C(=O)O.CC.COCC1CCN(c2ccc(NC(=O)/C3=C/C=C\C(C)CCOCC3)cn2)CC1. The minimum atomic E-state index is -0.932. The number of carbonyl (C=O) groups excluding carboxylic acids is 1. The number of carboxylic acids is 1. The first-order valence-electron chi connectivity index (χ1n) is 14.5. The summed E-state index contributed by atoms with van der Waals surface area (Å²) in [6.45, 7) is 15.4. The first kappa shape index (κ1) is 35.5. The van der Waals surface area contributed by atoms with Crippen molar-refractivity contribution in [2.45, 2.75) is 53.4 Å². The molecule has 1 fully saturated rings. The van der Waals surface area contributed by atoms with Gasteiger partial charge in [0, 0.05) is 45.4 Å². The van der Waals surface area contributed by atoms with Gasteiger partial charge in [0.15, 0.2) is 0 Å². The zero-order valence-corrected chi connectivity index (χ0v) is 25.5. The minimum absolute atomic E-state index is 0.0959. The third-order valence-electron chi connectivity index (χ3n) is 6.50. The first-order chi connectivity index (χ1) is 19.9. The number of pyridine rings is 1. The Morgan fingerprint density at radius 3 is 2.54 bits per heavy atom. The highest BCUT2D eigenvalue weighted by Crippen LogP contribution is 2.23. The minimum Gasteiger partial charge on any atom is -0.478 e. The Kier molecular flexibility index (Phi) is 18.4. The number of methoxy groups -OCH3 is 1. The van der Waals surface area contributed by atoms with Crippen molar-refractivity contribution in [3.63, 3.8) is 0 Å². The third kappa shape index (κ3) is 14.1. The van der Waals surface area contributed by atoms with Gasteiger partial charge in [0.1, 0.15) is 5.82 Å². The molecule has 0 spiro atoms. The molecule has 3 rings (SSSR count). The molecule has 41 heavy (non-hydrogen) atoms. The largest absolute Gasteiger partial charge is 0.478 e. The summed E-state index contributed by atoms with van der Waals surface area (Å²) in [7, 11) is 1.76. The van der Waals surface area contributed by atoms with Crippen LogP contribution in [-0.4, -0.2) is 62.0 Å². The van der Waals surface area contributed by atoms with E-state index < -0.39 is 5.97 Å². The van der Waals surface area contributed by atoms with E-state index in [1.54, 1.807) is 26.3 Å². The van der Waals surface area contributed by atoms with Gasteiger partial charge in [-0.05, 0) is 56.2 Å². The Balaban J connectivity index is 0.000000594. The molecule has 3 heterocycles. The van der Waals surface area contributed by atoms with Crippen LogP contribution in [0.4, 0.5) is 11.5 Å². The average molecular weight is 568 g/mol. The van der Waals surface area contributed by atoms with E-state index in [4.69, 9.17) is 14.6 Å². The van der Waals surface area contributed by atoms with Gasteiger partial charge in [-0.3, -0.25) is 4.79 Å². The molecule has 226 valence electrons.